The molecule has 0 aromatic carbocycles. The van der Waals surface area contributed by atoms with E-state index in [2.05, 4.69) is 15.4 Å². The van der Waals surface area contributed by atoms with Crippen molar-refractivity contribution in [3.05, 3.63) is 0 Å². The normalized spacial score (nSPS) is 28.3. The van der Waals surface area contributed by atoms with E-state index in [1.54, 1.807) is 0 Å². The van der Waals surface area contributed by atoms with Gasteiger partial charge in [-0.05, 0) is 25.2 Å². The van der Waals surface area contributed by atoms with Crippen LogP contribution in [0.2, 0.25) is 0 Å². The van der Waals surface area contributed by atoms with Crippen LogP contribution in [-0.4, -0.2) is 37.6 Å². The average Bonchev–Trinajstić information content (AvgIpc) is 2.99. The molecule has 5 heteroatoms. The Morgan fingerprint density at radius 2 is 2.06 bits per heavy atom. The summed E-state index contributed by atoms with van der Waals surface area (Å²) in [5.41, 5.74) is 0. The lowest BCUT2D eigenvalue weighted by atomic mass is 10.0. The molecule has 0 aromatic rings. The first-order valence-electron chi connectivity index (χ1n) is 6.79. The summed E-state index contributed by atoms with van der Waals surface area (Å²) < 4.78 is 4.68. The third kappa shape index (κ3) is 3.45. The number of nitrogens with one attached hydrogen (secondary N) is 2. The Hall–Kier alpha value is -1.10. The van der Waals surface area contributed by atoms with E-state index < -0.39 is 0 Å². The van der Waals surface area contributed by atoms with Crippen LogP contribution >= 0.6 is 0 Å². The van der Waals surface area contributed by atoms with E-state index in [9.17, 15) is 9.59 Å². The van der Waals surface area contributed by atoms with Crippen LogP contribution in [0.15, 0.2) is 0 Å². The summed E-state index contributed by atoms with van der Waals surface area (Å²) in [7, 11) is 1.38. The molecular weight excluding hydrogens is 232 g/mol. The van der Waals surface area contributed by atoms with E-state index >= 15 is 0 Å². The van der Waals surface area contributed by atoms with Gasteiger partial charge in [0.1, 0.15) is 6.04 Å². The Morgan fingerprint density at radius 3 is 2.72 bits per heavy atom. The number of hydrogen-bond acceptors (Lipinski definition) is 4. The number of amides is 1. The van der Waals surface area contributed by atoms with Gasteiger partial charge in [-0.1, -0.05) is 12.8 Å². The van der Waals surface area contributed by atoms with E-state index in [-0.39, 0.29) is 24.0 Å². The Bertz CT molecular complexity index is 313. The molecule has 1 aliphatic carbocycles. The van der Waals surface area contributed by atoms with Crippen molar-refractivity contribution in [1.29, 1.82) is 0 Å². The zero-order chi connectivity index (χ0) is 13.0. The van der Waals surface area contributed by atoms with E-state index in [4.69, 9.17) is 0 Å². The highest BCUT2D eigenvalue weighted by atomic mass is 16.5. The van der Waals surface area contributed by atoms with Crippen molar-refractivity contribution in [3.8, 4) is 0 Å². The standard InChI is InChI=1S/C13H22N2O3/c1-18-13(17)11-7-10(8-14-11)15-12(16)6-9-4-2-3-5-9/h9-11,14H,2-8H2,1H3,(H,15,16)/t10-,11+/m1/s1. The second-order valence-electron chi connectivity index (χ2n) is 5.34. The number of carbonyl (C=O) groups is 2. The molecule has 0 radical (unpaired) electrons. The SMILES string of the molecule is COC(=O)[C@@H]1C[C@@H](NC(=O)CC2CCCC2)CN1. The third-order valence-electron chi connectivity index (χ3n) is 3.93. The molecule has 1 saturated carbocycles. The Morgan fingerprint density at radius 1 is 1.33 bits per heavy atom. The van der Waals surface area contributed by atoms with E-state index in [1.807, 2.05) is 0 Å². The lowest BCUT2D eigenvalue weighted by molar-refractivity contribution is -0.142. The molecule has 2 atom stereocenters. The van der Waals surface area contributed by atoms with Crippen LogP contribution < -0.4 is 10.6 Å². The summed E-state index contributed by atoms with van der Waals surface area (Å²) in [5, 5.41) is 6.07. The number of esters is 1. The Kier molecular flexibility index (Phi) is 4.58. The highest BCUT2D eigenvalue weighted by Crippen LogP contribution is 2.27. The summed E-state index contributed by atoms with van der Waals surface area (Å²) in [6.07, 6.45) is 6.14. The molecule has 102 valence electrons. The maximum absolute atomic E-state index is 11.8. The van der Waals surface area contributed by atoms with Crippen LogP contribution in [0, 0.1) is 5.92 Å². The summed E-state index contributed by atoms with van der Waals surface area (Å²) in [6.45, 7) is 0.649. The fourth-order valence-electron chi connectivity index (χ4n) is 2.93. The molecule has 2 aliphatic rings. The summed E-state index contributed by atoms with van der Waals surface area (Å²) in [4.78, 5) is 23.2. The highest BCUT2D eigenvalue weighted by Gasteiger charge is 2.31. The molecule has 2 fully saturated rings. The lowest BCUT2D eigenvalue weighted by Gasteiger charge is -2.14. The predicted molar refractivity (Wildman–Crippen MR) is 66.9 cm³/mol. The molecule has 2 rings (SSSR count). The zero-order valence-electron chi connectivity index (χ0n) is 10.9. The topological polar surface area (TPSA) is 67.4 Å². The van der Waals surface area contributed by atoms with Gasteiger partial charge < -0.3 is 15.4 Å². The van der Waals surface area contributed by atoms with Gasteiger partial charge in [-0.15, -0.1) is 0 Å². The summed E-state index contributed by atoms with van der Waals surface area (Å²) in [6, 6.07) is -0.213. The molecular formula is C13H22N2O3. The van der Waals surface area contributed by atoms with Gasteiger partial charge in [0, 0.05) is 19.0 Å². The molecule has 1 saturated heterocycles. The fraction of sp³-hybridized carbons (Fsp3) is 0.846. The minimum atomic E-state index is -0.271. The van der Waals surface area contributed by atoms with Crippen molar-refractivity contribution < 1.29 is 14.3 Å². The lowest BCUT2D eigenvalue weighted by Crippen LogP contribution is -2.36. The highest BCUT2D eigenvalue weighted by molar-refractivity contribution is 5.78. The van der Waals surface area contributed by atoms with E-state index in [1.165, 1.54) is 32.8 Å². The molecule has 2 N–H and O–H groups in total. The minimum Gasteiger partial charge on any atom is -0.468 e. The predicted octanol–water partition coefficient (Wildman–Crippen LogP) is 0.586. The molecule has 5 nitrogen and oxygen atoms in total. The van der Waals surface area contributed by atoms with Crippen LogP contribution in [0.3, 0.4) is 0 Å². The number of ether oxygens (including phenoxy) is 1. The maximum Gasteiger partial charge on any atom is 0.322 e. The van der Waals surface area contributed by atoms with Crippen LogP contribution in [0.25, 0.3) is 0 Å². The molecule has 1 amide bonds. The second kappa shape index (κ2) is 6.18. The van der Waals surface area contributed by atoms with Gasteiger partial charge in [0.15, 0.2) is 0 Å². The average molecular weight is 254 g/mol. The van der Waals surface area contributed by atoms with Crippen LogP contribution in [0.5, 0.6) is 0 Å². The maximum atomic E-state index is 11.8. The van der Waals surface area contributed by atoms with Crippen LogP contribution in [-0.2, 0) is 14.3 Å². The van der Waals surface area contributed by atoms with E-state index in [0.717, 1.165) is 0 Å². The first-order chi connectivity index (χ1) is 8.69. The summed E-state index contributed by atoms with van der Waals surface area (Å²) >= 11 is 0. The van der Waals surface area contributed by atoms with Gasteiger partial charge in [0.25, 0.3) is 0 Å². The zero-order valence-corrected chi connectivity index (χ0v) is 10.9. The molecule has 0 bridgehead atoms. The molecule has 18 heavy (non-hydrogen) atoms. The molecule has 0 spiro atoms. The van der Waals surface area contributed by atoms with Gasteiger partial charge in [-0.3, -0.25) is 9.59 Å². The van der Waals surface area contributed by atoms with Gasteiger partial charge in [-0.25, -0.2) is 0 Å². The van der Waals surface area contributed by atoms with Crippen molar-refractivity contribution >= 4 is 11.9 Å². The molecule has 1 aliphatic heterocycles. The first-order valence-corrected chi connectivity index (χ1v) is 6.79. The van der Waals surface area contributed by atoms with Gasteiger partial charge >= 0.3 is 5.97 Å². The number of rotatable bonds is 4. The smallest absolute Gasteiger partial charge is 0.322 e. The largest absolute Gasteiger partial charge is 0.468 e. The van der Waals surface area contributed by atoms with Crippen molar-refractivity contribution in [2.75, 3.05) is 13.7 Å². The quantitative estimate of drug-likeness (QED) is 0.720. The Labute approximate surface area is 108 Å². The monoisotopic (exact) mass is 254 g/mol. The molecule has 0 aromatic heterocycles. The number of hydrogen-bond donors (Lipinski definition) is 2. The third-order valence-corrected chi connectivity index (χ3v) is 3.93. The first kappa shape index (κ1) is 13.3. The van der Waals surface area contributed by atoms with Gasteiger partial charge in [-0.2, -0.15) is 0 Å². The molecule has 0 unspecified atom stereocenters. The van der Waals surface area contributed by atoms with Crippen molar-refractivity contribution in [2.45, 2.75) is 50.6 Å². The number of methoxy groups -OCH3 is 1. The van der Waals surface area contributed by atoms with Crippen molar-refractivity contribution in [3.63, 3.8) is 0 Å². The molecule has 1 heterocycles. The Balaban J connectivity index is 1.70. The van der Waals surface area contributed by atoms with Crippen molar-refractivity contribution in [2.24, 2.45) is 5.92 Å². The van der Waals surface area contributed by atoms with Gasteiger partial charge in [0.2, 0.25) is 5.91 Å². The van der Waals surface area contributed by atoms with Crippen LogP contribution in [0.4, 0.5) is 0 Å². The summed E-state index contributed by atoms with van der Waals surface area (Å²) in [5.74, 6) is 0.442. The fourth-order valence-corrected chi connectivity index (χ4v) is 2.93. The van der Waals surface area contributed by atoms with Gasteiger partial charge in [0.05, 0.1) is 7.11 Å². The van der Waals surface area contributed by atoms with E-state index in [0.29, 0.717) is 25.3 Å². The number of carbonyl (C=O) groups excluding carboxylic acids is 2. The van der Waals surface area contributed by atoms with Crippen LogP contribution in [0.1, 0.15) is 38.5 Å². The van der Waals surface area contributed by atoms with Crippen molar-refractivity contribution in [1.82, 2.24) is 10.6 Å². The second-order valence-corrected chi connectivity index (χ2v) is 5.34. The minimum absolute atomic E-state index is 0.0583.